The quantitative estimate of drug-likeness (QED) is 0.454. The van der Waals surface area contributed by atoms with E-state index in [0.717, 1.165) is 35.1 Å². The minimum Gasteiger partial charge on any atom is -0.335 e. The molecule has 0 aromatic heterocycles. The van der Waals surface area contributed by atoms with E-state index in [2.05, 4.69) is 15.9 Å². The number of halogens is 4. The van der Waals surface area contributed by atoms with Crippen LogP contribution < -0.4 is 0 Å². The molecule has 1 rings (SSSR count). The highest BCUT2D eigenvalue weighted by Gasteiger charge is 2.42. The second kappa shape index (κ2) is 9.87. The number of unbranched alkanes of at least 4 members (excludes halogenated alkanes) is 3. The lowest BCUT2D eigenvalue weighted by atomic mass is 10.1. The summed E-state index contributed by atoms with van der Waals surface area (Å²) in [6.07, 6.45) is -0.978. The van der Waals surface area contributed by atoms with Gasteiger partial charge in [-0.3, -0.25) is 4.79 Å². The predicted molar refractivity (Wildman–Crippen MR) is 85.0 cm³/mol. The normalized spacial score (nSPS) is 11.5. The lowest BCUT2D eigenvalue weighted by molar-refractivity contribution is -0.185. The summed E-state index contributed by atoms with van der Waals surface area (Å²) in [5.74, 6) is -1.73. The third-order valence-electron chi connectivity index (χ3n) is 3.35. The van der Waals surface area contributed by atoms with Crippen LogP contribution >= 0.6 is 15.9 Å². The first-order valence-corrected chi connectivity index (χ1v) is 8.53. The molecule has 0 N–H and O–H groups in total. The maximum atomic E-state index is 12.7. The van der Waals surface area contributed by atoms with Crippen molar-refractivity contribution in [1.29, 1.82) is 0 Å². The van der Waals surface area contributed by atoms with Crippen molar-refractivity contribution in [2.45, 2.75) is 38.3 Å². The molecule has 0 radical (unpaired) electrons. The lowest BCUT2D eigenvalue weighted by Crippen LogP contribution is -2.42. The second-order valence-corrected chi connectivity index (χ2v) is 5.92. The number of nitrogens with zero attached hydrogens (tertiary/aromatic N) is 1. The molecule has 2 nitrogen and oxygen atoms in total. The highest BCUT2D eigenvalue weighted by Crippen LogP contribution is 2.19. The summed E-state index contributed by atoms with van der Waals surface area (Å²) in [6, 6.07) is 9.24. The molecule has 1 aromatic rings. The number of hydrogen-bond donors (Lipinski definition) is 0. The molecular weight excluding hydrogens is 359 g/mol. The Morgan fingerprint density at radius 1 is 1.00 bits per heavy atom. The van der Waals surface area contributed by atoms with Crippen molar-refractivity contribution in [3.05, 3.63) is 35.9 Å². The number of hydrogen-bond acceptors (Lipinski definition) is 1. The third kappa shape index (κ3) is 7.29. The van der Waals surface area contributed by atoms with Gasteiger partial charge in [-0.1, -0.05) is 59.1 Å². The Kier molecular flexibility index (Phi) is 8.53. The number of carbonyl (C=O) groups is 1. The van der Waals surface area contributed by atoms with Gasteiger partial charge in [0.1, 0.15) is 0 Å². The number of benzene rings is 1. The van der Waals surface area contributed by atoms with E-state index in [4.69, 9.17) is 0 Å². The van der Waals surface area contributed by atoms with Gasteiger partial charge in [0, 0.05) is 18.4 Å². The van der Waals surface area contributed by atoms with Gasteiger partial charge in [-0.2, -0.15) is 13.2 Å². The Hall–Kier alpha value is -1.04. The molecule has 0 aliphatic carbocycles. The van der Waals surface area contributed by atoms with Gasteiger partial charge in [0.15, 0.2) is 0 Å². The molecule has 0 saturated carbocycles. The maximum Gasteiger partial charge on any atom is 0.471 e. The summed E-state index contributed by atoms with van der Waals surface area (Å²) in [6.45, 7) is 0.258. The first-order chi connectivity index (χ1) is 10.4. The van der Waals surface area contributed by atoms with Crippen molar-refractivity contribution in [2.75, 3.05) is 18.4 Å². The van der Waals surface area contributed by atoms with E-state index >= 15 is 0 Å². The SMILES string of the molecule is O=C(N(CCCCCCBr)CCc1ccccc1)C(F)(F)F. The largest absolute Gasteiger partial charge is 0.471 e. The molecule has 0 heterocycles. The highest BCUT2D eigenvalue weighted by atomic mass is 79.9. The molecule has 0 atom stereocenters. The van der Waals surface area contributed by atoms with Crippen molar-refractivity contribution in [2.24, 2.45) is 0 Å². The average Bonchev–Trinajstić information content (AvgIpc) is 2.49. The summed E-state index contributed by atoms with van der Waals surface area (Å²) >= 11 is 3.32. The standard InChI is InChI=1S/C16H21BrF3NO/c17-11-6-1-2-7-12-21(15(22)16(18,19)20)13-10-14-8-4-3-5-9-14/h3-5,8-9H,1-2,6-7,10-13H2. The van der Waals surface area contributed by atoms with Gasteiger partial charge in [-0.05, 0) is 24.8 Å². The van der Waals surface area contributed by atoms with Crippen molar-refractivity contribution in [3.63, 3.8) is 0 Å². The Bertz CT molecular complexity index is 437. The minimum atomic E-state index is -4.80. The molecule has 1 amide bonds. The summed E-state index contributed by atoms with van der Waals surface area (Å²) in [5, 5.41) is 0.895. The van der Waals surface area contributed by atoms with E-state index in [9.17, 15) is 18.0 Å². The van der Waals surface area contributed by atoms with Crippen molar-refractivity contribution in [1.82, 2.24) is 4.90 Å². The molecule has 0 fully saturated rings. The van der Waals surface area contributed by atoms with E-state index in [-0.39, 0.29) is 13.1 Å². The van der Waals surface area contributed by atoms with Crippen LogP contribution in [-0.4, -0.2) is 35.4 Å². The number of rotatable bonds is 9. The zero-order valence-electron chi connectivity index (χ0n) is 12.4. The molecule has 124 valence electrons. The molecule has 0 bridgehead atoms. The monoisotopic (exact) mass is 379 g/mol. The molecule has 22 heavy (non-hydrogen) atoms. The fourth-order valence-electron chi connectivity index (χ4n) is 2.15. The van der Waals surface area contributed by atoms with Gasteiger partial charge in [0.05, 0.1) is 0 Å². The van der Waals surface area contributed by atoms with Crippen LogP contribution in [0.4, 0.5) is 13.2 Å². The molecule has 0 saturated heterocycles. The highest BCUT2D eigenvalue weighted by molar-refractivity contribution is 9.09. The Morgan fingerprint density at radius 2 is 1.64 bits per heavy atom. The summed E-state index contributed by atoms with van der Waals surface area (Å²) < 4.78 is 38.0. The van der Waals surface area contributed by atoms with Crippen LogP contribution in [0.5, 0.6) is 0 Å². The van der Waals surface area contributed by atoms with Crippen molar-refractivity contribution >= 4 is 21.8 Å². The van der Waals surface area contributed by atoms with Gasteiger partial charge in [0.2, 0.25) is 0 Å². The van der Waals surface area contributed by atoms with Crippen LogP contribution in [0.3, 0.4) is 0 Å². The smallest absolute Gasteiger partial charge is 0.335 e. The van der Waals surface area contributed by atoms with Crippen LogP contribution in [0.25, 0.3) is 0 Å². The van der Waals surface area contributed by atoms with Gasteiger partial charge < -0.3 is 4.90 Å². The number of amides is 1. The van der Waals surface area contributed by atoms with Gasteiger partial charge in [-0.15, -0.1) is 0 Å². The molecule has 0 spiro atoms. The fourth-order valence-corrected chi connectivity index (χ4v) is 2.55. The molecular formula is C16H21BrF3NO. The van der Waals surface area contributed by atoms with Gasteiger partial charge in [-0.25, -0.2) is 0 Å². The second-order valence-electron chi connectivity index (χ2n) is 5.13. The van der Waals surface area contributed by atoms with Crippen LogP contribution in [0.15, 0.2) is 30.3 Å². The minimum absolute atomic E-state index is 0.0980. The molecule has 1 aromatic carbocycles. The lowest BCUT2D eigenvalue weighted by Gasteiger charge is -2.23. The molecule has 6 heteroatoms. The van der Waals surface area contributed by atoms with E-state index in [1.807, 2.05) is 30.3 Å². The first kappa shape index (κ1) is 19.0. The van der Waals surface area contributed by atoms with Crippen molar-refractivity contribution < 1.29 is 18.0 Å². The van der Waals surface area contributed by atoms with E-state index in [0.29, 0.717) is 12.8 Å². The fraction of sp³-hybridized carbons (Fsp3) is 0.562. The first-order valence-electron chi connectivity index (χ1n) is 7.41. The zero-order chi connectivity index (χ0) is 16.4. The Morgan fingerprint density at radius 3 is 2.23 bits per heavy atom. The zero-order valence-corrected chi connectivity index (χ0v) is 14.0. The van der Waals surface area contributed by atoms with E-state index in [1.54, 1.807) is 0 Å². The van der Waals surface area contributed by atoms with Crippen LogP contribution in [0, 0.1) is 0 Å². The summed E-state index contributed by atoms with van der Waals surface area (Å²) in [5.41, 5.74) is 0.932. The van der Waals surface area contributed by atoms with Gasteiger partial charge in [0.25, 0.3) is 0 Å². The number of alkyl halides is 4. The van der Waals surface area contributed by atoms with E-state index in [1.165, 1.54) is 0 Å². The average molecular weight is 380 g/mol. The van der Waals surface area contributed by atoms with E-state index < -0.39 is 12.1 Å². The maximum absolute atomic E-state index is 12.7. The van der Waals surface area contributed by atoms with Gasteiger partial charge >= 0.3 is 12.1 Å². The molecule has 0 unspecified atom stereocenters. The predicted octanol–water partition coefficient (Wildman–Crippen LogP) is 4.58. The summed E-state index contributed by atoms with van der Waals surface area (Å²) in [4.78, 5) is 12.4. The Balaban J connectivity index is 2.52. The third-order valence-corrected chi connectivity index (χ3v) is 3.92. The van der Waals surface area contributed by atoms with Crippen LogP contribution in [-0.2, 0) is 11.2 Å². The number of carbonyl (C=O) groups excluding carboxylic acids is 1. The molecule has 0 aliphatic rings. The van der Waals surface area contributed by atoms with Crippen LogP contribution in [0.1, 0.15) is 31.2 Å². The topological polar surface area (TPSA) is 20.3 Å². The van der Waals surface area contributed by atoms with Crippen molar-refractivity contribution in [3.8, 4) is 0 Å². The molecule has 0 aliphatic heterocycles. The van der Waals surface area contributed by atoms with Crippen LogP contribution in [0.2, 0.25) is 0 Å². The Labute approximate surface area is 137 Å². The summed E-state index contributed by atoms with van der Waals surface area (Å²) in [7, 11) is 0.